The van der Waals surface area contributed by atoms with Gasteiger partial charge in [0.15, 0.2) is 5.03 Å². The van der Waals surface area contributed by atoms with Crippen molar-refractivity contribution >= 4 is 17.7 Å². The number of aromatic nitrogens is 3. The summed E-state index contributed by atoms with van der Waals surface area (Å²) in [7, 11) is 0. The van der Waals surface area contributed by atoms with Crippen LogP contribution in [0.4, 0.5) is 0 Å². The number of aromatic amines is 2. The van der Waals surface area contributed by atoms with E-state index >= 15 is 0 Å². The highest BCUT2D eigenvalue weighted by Gasteiger charge is 2.42. The molecule has 2 aliphatic rings. The van der Waals surface area contributed by atoms with Crippen LogP contribution in [-0.4, -0.2) is 32.9 Å². The van der Waals surface area contributed by atoms with Gasteiger partial charge in [0.2, 0.25) is 5.91 Å². The summed E-state index contributed by atoms with van der Waals surface area (Å²) in [6.45, 7) is 2.07. The predicted molar refractivity (Wildman–Crippen MR) is 82.7 cm³/mol. The van der Waals surface area contributed by atoms with Crippen LogP contribution >= 0.6 is 11.8 Å². The molecule has 3 N–H and O–H groups in total. The van der Waals surface area contributed by atoms with Crippen molar-refractivity contribution in [2.24, 2.45) is 17.8 Å². The van der Waals surface area contributed by atoms with Crippen molar-refractivity contribution in [3.63, 3.8) is 0 Å². The van der Waals surface area contributed by atoms with Crippen LogP contribution in [0.5, 0.6) is 0 Å². The molecule has 2 fully saturated rings. The molecule has 0 unspecified atom stereocenters. The molecule has 4 atom stereocenters. The Morgan fingerprint density at radius 1 is 1.41 bits per heavy atom. The molecule has 1 aromatic rings. The van der Waals surface area contributed by atoms with E-state index in [4.69, 9.17) is 0 Å². The van der Waals surface area contributed by atoms with E-state index in [1.807, 2.05) is 0 Å². The lowest BCUT2D eigenvalue weighted by Gasteiger charge is -2.28. The maximum atomic E-state index is 12.0. The molecular weight excluding hydrogens is 304 g/mol. The number of hydrogen-bond donors (Lipinski definition) is 3. The number of rotatable bonds is 5. The van der Waals surface area contributed by atoms with Gasteiger partial charge in [-0.3, -0.25) is 14.6 Å². The van der Waals surface area contributed by atoms with E-state index in [-0.39, 0.29) is 22.7 Å². The van der Waals surface area contributed by atoms with Crippen LogP contribution < -0.4 is 16.6 Å². The Hall–Kier alpha value is -1.57. The highest BCUT2D eigenvalue weighted by Crippen LogP contribution is 2.49. The summed E-state index contributed by atoms with van der Waals surface area (Å²) in [4.78, 5) is 36.5. The Morgan fingerprint density at radius 2 is 2.23 bits per heavy atom. The van der Waals surface area contributed by atoms with Crippen molar-refractivity contribution in [1.82, 2.24) is 20.5 Å². The molecule has 1 aromatic heterocycles. The Morgan fingerprint density at radius 3 is 2.86 bits per heavy atom. The normalized spacial score (nSPS) is 27.8. The maximum absolute atomic E-state index is 12.0. The Balaban J connectivity index is 1.50. The summed E-state index contributed by atoms with van der Waals surface area (Å²) in [5.74, 6) is 2.21. The van der Waals surface area contributed by atoms with Crippen LogP contribution in [0.3, 0.4) is 0 Å². The number of amides is 1. The zero-order chi connectivity index (χ0) is 15.7. The van der Waals surface area contributed by atoms with Gasteiger partial charge in [-0.05, 0) is 43.9 Å². The molecule has 0 saturated heterocycles. The lowest BCUT2D eigenvalue weighted by atomic mass is 9.84. The van der Waals surface area contributed by atoms with E-state index in [9.17, 15) is 14.4 Å². The molecule has 0 aromatic carbocycles. The van der Waals surface area contributed by atoms with Gasteiger partial charge < -0.3 is 5.32 Å². The van der Waals surface area contributed by atoms with Gasteiger partial charge in [-0.2, -0.15) is 5.10 Å². The second kappa shape index (κ2) is 6.28. The predicted octanol–water partition coefficient (Wildman–Crippen LogP) is 0.491. The van der Waals surface area contributed by atoms with Crippen LogP contribution in [0, 0.1) is 17.8 Å². The molecule has 0 spiro atoms. The first-order chi connectivity index (χ1) is 10.5. The number of nitrogens with one attached hydrogen (secondary N) is 3. The van der Waals surface area contributed by atoms with Gasteiger partial charge in [0.1, 0.15) is 0 Å². The summed E-state index contributed by atoms with van der Waals surface area (Å²) in [5, 5.41) is 8.93. The first-order valence-corrected chi connectivity index (χ1v) is 8.62. The third-order valence-corrected chi connectivity index (χ3v) is 5.80. The molecule has 2 bridgehead atoms. The molecule has 2 saturated carbocycles. The number of hydrogen-bond acceptors (Lipinski definition) is 5. The topological polar surface area (TPSA) is 108 Å². The Bertz CT molecular complexity index is 671. The van der Waals surface area contributed by atoms with E-state index < -0.39 is 11.2 Å². The van der Waals surface area contributed by atoms with Crippen molar-refractivity contribution in [2.75, 3.05) is 5.75 Å². The zero-order valence-electron chi connectivity index (χ0n) is 12.4. The lowest BCUT2D eigenvalue weighted by molar-refractivity contribution is -0.119. The number of fused-ring (bicyclic) bond motifs is 2. The smallest absolute Gasteiger partial charge is 0.342 e. The van der Waals surface area contributed by atoms with Crippen molar-refractivity contribution in [3.8, 4) is 0 Å². The van der Waals surface area contributed by atoms with E-state index in [2.05, 4.69) is 27.4 Å². The number of H-pyrrole nitrogens is 2. The third-order valence-electron chi connectivity index (χ3n) is 4.84. The number of nitrogens with zero attached hydrogens (tertiary/aromatic N) is 1. The number of carbonyl (C=O) groups is 1. The molecule has 7 nitrogen and oxygen atoms in total. The van der Waals surface area contributed by atoms with Crippen LogP contribution in [-0.2, 0) is 4.79 Å². The molecule has 0 aliphatic heterocycles. The van der Waals surface area contributed by atoms with Crippen LogP contribution in [0.25, 0.3) is 0 Å². The SMILES string of the molecule is C[C@@H](NC(=O)CSc1n[nH]c(=O)[nH]c1=O)[C@@H]1C[C@H]2CC[C@H]1C2. The van der Waals surface area contributed by atoms with Crippen molar-refractivity contribution in [2.45, 2.75) is 43.7 Å². The van der Waals surface area contributed by atoms with Crippen molar-refractivity contribution < 1.29 is 4.79 Å². The minimum Gasteiger partial charge on any atom is -0.353 e. The zero-order valence-corrected chi connectivity index (χ0v) is 13.2. The van der Waals surface area contributed by atoms with E-state index in [0.29, 0.717) is 5.92 Å². The van der Waals surface area contributed by atoms with E-state index in [1.165, 1.54) is 25.7 Å². The number of thioether (sulfide) groups is 1. The largest absolute Gasteiger partial charge is 0.353 e. The second-order valence-electron chi connectivity index (χ2n) is 6.30. The average molecular weight is 324 g/mol. The fourth-order valence-electron chi connectivity index (χ4n) is 3.88. The summed E-state index contributed by atoms with van der Waals surface area (Å²) < 4.78 is 0. The van der Waals surface area contributed by atoms with Crippen molar-refractivity contribution in [1.29, 1.82) is 0 Å². The summed E-state index contributed by atoms with van der Waals surface area (Å²) in [5.41, 5.74) is -1.22. The second-order valence-corrected chi connectivity index (χ2v) is 7.26. The molecule has 1 heterocycles. The monoisotopic (exact) mass is 324 g/mol. The first kappa shape index (κ1) is 15.3. The molecule has 3 rings (SSSR count). The van der Waals surface area contributed by atoms with Gasteiger partial charge in [0, 0.05) is 6.04 Å². The Kier molecular flexibility index (Phi) is 4.37. The standard InChI is InChI=1S/C14H20N4O3S/c1-7(10-5-8-2-3-9(10)4-8)15-11(19)6-22-13-12(20)16-14(21)18-17-13/h7-10H,2-6H2,1H3,(H,15,19)(H2,16,18,20,21)/t7-,8+,9+,10+/m1/s1. The molecule has 8 heteroatoms. The van der Waals surface area contributed by atoms with E-state index in [0.717, 1.165) is 23.6 Å². The highest BCUT2D eigenvalue weighted by atomic mass is 32.2. The molecule has 22 heavy (non-hydrogen) atoms. The van der Waals surface area contributed by atoms with Crippen molar-refractivity contribution in [3.05, 3.63) is 20.8 Å². The lowest BCUT2D eigenvalue weighted by Crippen LogP contribution is -2.41. The van der Waals surface area contributed by atoms with Crippen LogP contribution in [0.2, 0.25) is 0 Å². The van der Waals surface area contributed by atoms with Gasteiger partial charge in [-0.15, -0.1) is 0 Å². The molecule has 2 aliphatic carbocycles. The molecule has 120 valence electrons. The van der Waals surface area contributed by atoms with Gasteiger partial charge in [-0.1, -0.05) is 18.2 Å². The summed E-state index contributed by atoms with van der Waals surface area (Å²) in [6.07, 6.45) is 5.18. The van der Waals surface area contributed by atoms with Crippen LogP contribution in [0.15, 0.2) is 14.6 Å². The van der Waals surface area contributed by atoms with Gasteiger partial charge in [0.05, 0.1) is 5.75 Å². The minimum absolute atomic E-state index is 0.0994. The van der Waals surface area contributed by atoms with Crippen LogP contribution in [0.1, 0.15) is 32.6 Å². The fourth-order valence-corrected chi connectivity index (χ4v) is 4.52. The minimum atomic E-state index is -0.649. The fraction of sp³-hybridized carbons (Fsp3) is 0.714. The van der Waals surface area contributed by atoms with Gasteiger partial charge >= 0.3 is 5.69 Å². The summed E-state index contributed by atoms with van der Waals surface area (Å²) >= 11 is 1.03. The highest BCUT2D eigenvalue weighted by molar-refractivity contribution is 7.99. The van der Waals surface area contributed by atoms with E-state index in [1.54, 1.807) is 0 Å². The molecule has 1 amide bonds. The summed E-state index contributed by atoms with van der Waals surface area (Å²) in [6, 6.07) is 0.172. The maximum Gasteiger partial charge on any atom is 0.342 e. The Labute approximate surface area is 131 Å². The molecule has 0 radical (unpaired) electrons. The van der Waals surface area contributed by atoms with Gasteiger partial charge in [-0.25, -0.2) is 9.89 Å². The molecular formula is C14H20N4O3S. The van der Waals surface area contributed by atoms with Gasteiger partial charge in [0.25, 0.3) is 5.56 Å². The first-order valence-electron chi connectivity index (χ1n) is 7.64. The average Bonchev–Trinajstić information content (AvgIpc) is 3.09. The quantitative estimate of drug-likeness (QED) is 0.683. The number of carbonyl (C=O) groups excluding carboxylic acids is 1. The third kappa shape index (κ3) is 3.26.